The van der Waals surface area contributed by atoms with E-state index in [2.05, 4.69) is 11.1 Å². The monoisotopic (exact) mass is 336 g/mol. The predicted octanol–water partition coefficient (Wildman–Crippen LogP) is 4.34. The summed E-state index contributed by atoms with van der Waals surface area (Å²) in [4.78, 5) is 14.9. The molecule has 0 fully saturated rings. The number of aromatic hydroxyl groups is 1. The number of ether oxygens (including phenoxy) is 1. The number of aromatic nitrogens is 1. The van der Waals surface area contributed by atoms with Crippen LogP contribution in [-0.2, 0) is 0 Å². The Morgan fingerprint density at radius 3 is 2.68 bits per heavy atom. The van der Waals surface area contributed by atoms with Gasteiger partial charge in [-0.1, -0.05) is 23.8 Å². The fourth-order valence-corrected chi connectivity index (χ4v) is 2.54. The predicted molar refractivity (Wildman–Crippen MR) is 96.7 cm³/mol. The number of methoxy groups -OCH3 is 1. The maximum absolute atomic E-state index is 11.0. The first-order valence-corrected chi connectivity index (χ1v) is 7.59. The Morgan fingerprint density at radius 1 is 1.16 bits per heavy atom. The molecule has 6 nitrogen and oxygen atoms in total. The van der Waals surface area contributed by atoms with Gasteiger partial charge in [0.1, 0.15) is 0 Å². The first kappa shape index (κ1) is 16.4. The van der Waals surface area contributed by atoms with Crippen LogP contribution in [0.5, 0.6) is 11.5 Å². The van der Waals surface area contributed by atoms with Crippen LogP contribution in [0.3, 0.4) is 0 Å². The molecule has 25 heavy (non-hydrogen) atoms. The quantitative estimate of drug-likeness (QED) is 0.566. The topological polar surface area (TPSA) is 85.5 Å². The Balaban J connectivity index is 1.97. The Bertz CT molecular complexity index is 996. The molecule has 3 aromatic rings. The largest absolute Gasteiger partial charge is 0.500 e. The number of phenolic OH excluding ortho intramolecular Hbond substituents is 1. The third kappa shape index (κ3) is 3.42. The van der Waals surface area contributed by atoms with Crippen LogP contribution in [0.4, 0.5) is 5.69 Å². The minimum atomic E-state index is -0.647. The lowest BCUT2D eigenvalue weighted by Crippen LogP contribution is -1.93. The highest BCUT2D eigenvalue weighted by Gasteiger charge is 2.19. The van der Waals surface area contributed by atoms with E-state index in [9.17, 15) is 15.2 Å². The van der Waals surface area contributed by atoms with E-state index in [1.54, 1.807) is 12.2 Å². The van der Waals surface area contributed by atoms with Crippen LogP contribution < -0.4 is 4.74 Å². The van der Waals surface area contributed by atoms with Gasteiger partial charge >= 0.3 is 5.69 Å². The number of hydrogen-bond acceptors (Lipinski definition) is 5. The van der Waals surface area contributed by atoms with Gasteiger partial charge in [0.15, 0.2) is 5.75 Å². The van der Waals surface area contributed by atoms with Crippen molar-refractivity contribution in [2.45, 2.75) is 6.92 Å². The van der Waals surface area contributed by atoms with E-state index in [0.717, 1.165) is 16.6 Å². The molecule has 0 unspecified atom stereocenters. The summed E-state index contributed by atoms with van der Waals surface area (Å²) in [5, 5.41) is 21.9. The van der Waals surface area contributed by atoms with Crippen LogP contribution in [0.2, 0.25) is 0 Å². The van der Waals surface area contributed by atoms with Crippen molar-refractivity contribution in [3.05, 3.63) is 69.4 Å². The SMILES string of the molecule is COc1cc(C=Cc2ccc3cc(C)ccc3n2)cc([N+](=O)[O-])c1O. The van der Waals surface area contributed by atoms with Gasteiger partial charge in [0, 0.05) is 11.5 Å². The molecule has 6 heteroatoms. The number of hydrogen-bond donors (Lipinski definition) is 1. The molecule has 0 saturated carbocycles. The van der Waals surface area contributed by atoms with Gasteiger partial charge < -0.3 is 9.84 Å². The van der Waals surface area contributed by atoms with Gasteiger partial charge in [0.05, 0.1) is 23.2 Å². The molecular weight excluding hydrogens is 320 g/mol. The van der Waals surface area contributed by atoms with Gasteiger partial charge in [-0.05, 0) is 42.8 Å². The lowest BCUT2D eigenvalue weighted by Gasteiger charge is -2.05. The summed E-state index contributed by atoms with van der Waals surface area (Å²) in [7, 11) is 1.35. The average Bonchev–Trinajstić information content (AvgIpc) is 2.60. The van der Waals surface area contributed by atoms with E-state index in [-0.39, 0.29) is 5.75 Å². The normalized spacial score (nSPS) is 11.1. The zero-order valence-electron chi connectivity index (χ0n) is 13.8. The van der Waals surface area contributed by atoms with Gasteiger partial charge in [-0.25, -0.2) is 4.98 Å². The summed E-state index contributed by atoms with van der Waals surface area (Å²) in [5.74, 6) is -0.431. The molecule has 3 rings (SSSR count). The maximum atomic E-state index is 11.0. The second-order valence-electron chi connectivity index (χ2n) is 5.61. The van der Waals surface area contributed by atoms with Crippen LogP contribution in [0, 0.1) is 17.0 Å². The summed E-state index contributed by atoms with van der Waals surface area (Å²) < 4.78 is 4.99. The van der Waals surface area contributed by atoms with Crippen molar-refractivity contribution in [3.8, 4) is 11.5 Å². The second-order valence-corrected chi connectivity index (χ2v) is 5.61. The average molecular weight is 336 g/mol. The molecule has 0 aliphatic carbocycles. The van der Waals surface area contributed by atoms with Crippen LogP contribution in [0.1, 0.15) is 16.8 Å². The van der Waals surface area contributed by atoms with Gasteiger partial charge in [-0.2, -0.15) is 0 Å². The number of nitrogens with zero attached hydrogens (tertiary/aromatic N) is 2. The number of aryl methyl sites for hydroxylation is 1. The van der Waals surface area contributed by atoms with E-state index < -0.39 is 16.4 Å². The maximum Gasteiger partial charge on any atom is 0.315 e. The number of rotatable bonds is 4. The number of phenols is 1. The summed E-state index contributed by atoms with van der Waals surface area (Å²) in [6.45, 7) is 2.03. The molecule has 0 spiro atoms. The van der Waals surface area contributed by atoms with Crippen LogP contribution in [0.25, 0.3) is 23.1 Å². The molecule has 0 bridgehead atoms. The van der Waals surface area contributed by atoms with E-state index >= 15 is 0 Å². The molecule has 0 saturated heterocycles. The lowest BCUT2D eigenvalue weighted by atomic mass is 10.1. The summed E-state index contributed by atoms with van der Waals surface area (Å²) >= 11 is 0. The van der Waals surface area contributed by atoms with Crippen LogP contribution in [0.15, 0.2) is 42.5 Å². The number of nitro benzene ring substituents is 1. The van der Waals surface area contributed by atoms with Crippen molar-refractivity contribution < 1.29 is 14.8 Å². The highest BCUT2D eigenvalue weighted by atomic mass is 16.6. The van der Waals surface area contributed by atoms with Crippen molar-refractivity contribution >= 4 is 28.7 Å². The summed E-state index contributed by atoms with van der Waals surface area (Å²) in [5.41, 5.74) is 2.90. The molecule has 0 aliphatic heterocycles. The zero-order chi connectivity index (χ0) is 18.0. The highest BCUT2D eigenvalue weighted by molar-refractivity contribution is 5.82. The second kappa shape index (κ2) is 6.60. The molecule has 0 atom stereocenters. The molecule has 0 aliphatic rings. The fourth-order valence-electron chi connectivity index (χ4n) is 2.54. The highest BCUT2D eigenvalue weighted by Crippen LogP contribution is 2.37. The minimum absolute atomic E-state index is 0.0517. The Labute approximate surface area is 144 Å². The first-order chi connectivity index (χ1) is 12.0. The van der Waals surface area contributed by atoms with E-state index in [1.807, 2.05) is 31.2 Å². The molecule has 0 radical (unpaired) electrons. The van der Waals surface area contributed by atoms with Gasteiger partial charge in [-0.3, -0.25) is 10.1 Å². The molecule has 126 valence electrons. The molecule has 2 aromatic carbocycles. The molecule has 1 aromatic heterocycles. The van der Waals surface area contributed by atoms with Crippen molar-refractivity contribution in [1.82, 2.24) is 4.98 Å². The molecular formula is C19H16N2O4. The minimum Gasteiger partial charge on any atom is -0.500 e. The van der Waals surface area contributed by atoms with E-state index in [1.165, 1.54) is 24.8 Å². The Kier molecular flexibility index (Phi) is 4.35. The Hall–Kier alpha value is -3.41. The number of pyridine rings is 1. The molecule has 1 N–H and O–H groups in total. The number of benzene rings is 2. The zero-order valence-corrected chi connectivity index (χ0v) is 13.8. The number of fused-ring (bicyclic) bond motifs is 1. The van der Waals surface area contributed by atoms with Gasteiger partial charge in [-0.15, -0.1) is 0 Å². The molecule has 0 amide bonds. The molecule has 1 heterocycles. The Morgan fingerprint density at radius 2 is 1.96 bits per heavy atom. The summed E-state index contributed by atoms with van der Waals surface area (Å²) in [6.07, 6.45) is 3.45. The summed E-state index contributed by atoms with van der Waals surface area (Å²) in [6, 6.07) is 12.7. The van der Waals surface area contributed by atoms with Crippen LogP contribution in [-0.4, -0.2) is 22.1 Å². The first-order valence-electron chi connectivity index (χ1n) is 7.59. The lowest BCUT2D eigenvalue weighted by molar-refractivity contribution is -0.386. The van der Waals surface area contributed by atoms with Crippen molar-refractivity contribution in [1.29, 1.82) is 0 Å². The van der Waals surface area contributed by atoms with E-state index in [4.69, 9.17) is 4.74 Å². The van der Waals surface area contributed by atoms with Crippen molar-refractivity contribution in [3.63, 3.8) is 0 Å². The third-order valence-corrected chi connectivity index (χ3v) is 3.81. The van der Waals surface area contributed by atoms with E-state index in [0.29, 0.717) is 5.56 Å². The van der Waals surface area contributed by atoms with Gasteiger partial charge in [0.25, 0.3) is 0 Å². The van der Waals surface area contributed by atoms with Crippen molar-refractivity contribution in [2.24, 2.45) is 0 Å². The fraction of sp³-hybridized carbons (Fsp3) is 0.105. The standard InChI is InChI=1S/C19H16N2O4/c1-12-3-8-16-14(9-12)5-7-15(20-16)6-4-13-10-17(21(23)24)19(22)18(11-13)25-2/h3-11,22H,1-2H3. The smallest absolute Gasteiger partial charge is 0.315 e. The van der Waals surface area contributed by atoms with Crippen molar-refractivity contribution in [2.75, 3.05) is 7.11 Å². The third-order valence-electron chi connectivity index (χ3n) is 3.81. The number of nitro groups is 1. The van der Waals surface area contributed by atoms with Gasteiger partial charge in [0.2, 0.25) is 5.75 Å². The van der Waals surface area contributed by atoms with Crippen LogP contribution >= 0.6 is 0 Å².